The lowest BCUT2D eigenvalue weighted by atomic mass is 10.1. The van der Waals surface area contributed by atoms with Crippen molar-refractivity contribution in [3.05, 3.63) is 59.7 Å². The minimum atomic E-state index is 0.0438. The van der Waals surface area contributed by atoms with Crippen molar-refractivity contribution in [3.8, 4) is 5.75 Å². The Labute approximate surface area is 113 Å². The first-order valence-electron chi connectivity index (χ1n) is 6.48. The first kappa shape index (κ1) is 13.4. The highest BCUT2D eigenvalue weighted by molar-refractivity contribution is 5.51. The minimum absolute atomic E-state index is 0.0438. The van der Waals surface area contributed by atoms with Crippen molar-refractivity contribution in [1.82, 2.24) is 0 Å². The molecule has 3 nitrogen and oxygen atoms in total. The second-order valence-corrected chi connectivity index (χ2v) is 4.25. The molecular formula is C16H19NO2. The molecule has 0 aliphatic rings. The van der Waals surface area contributed by atoms with Crippen molar-refractivity contribution in [1.29, 1.82) is 0 Å². The summed E-state index contributed by atoms with van der Waals surface area (Å²) in [5.41, 5.74) is 3.02. The number of hydrogen-bond acceptors (Lipinski definition) is 3. The van der Waals surface area contributed by atoms with Gasteiger partial charge in [-0.15, -0.1) is 0 Å². The van der Waals surface area contributed by atoms with Crippen LogP contribution in [0.5, 0.6) is 5.75 Å². The van der Waals surface area contributed by atoms with E-state index in [0.717, 1.165) is 22.6 Å². The van der Waals surface area contributed by atoms with E-state index in [9.17, 15) is 5.11 Å². The summed E-state index contributed by atoms with van der Waals surface area (Å²) in [5, 5.41) is 12.6. The Morgan fingerprint density at radius 3 is 2.74 bits per heavy atom. The number of aliphatic hydroxyl groups excluding tert-OH is 1. The number of aliphatic hydroxyl groups is 1. The van der Waals surface area contributed by atoms with E-state index in [1.54, 1.807) is 0 Å². The zero-order chi connectivity index (χ0) is 13.5. The highest BCUT2D eigenvalue weighted by Crippen LogP contribution is 2.18. The van der Waals surface area contributed by atoms with Crippen LogP contribution >= 0.6 is 0 Å². The smallest absolute Gasteiger partial charge is 0.119 e. The molecule has 0 aliphatic carbocycles. The molecule has 0 spiro atoms. The summed E-state index contributed by atoms with van der Waals surface area (Å²) in [6.07, 6.45) is 0. The largest absolute Gasteiger partial charge is 0.494 e. The zero-order valence-electron chi connectivity index (χ0n) is 11.1. The molecule has 0 radical (unpaired) electrons. The molecule has 2 rings (SSSR count). The van der Waals surface area contributed by atoms with Crippen molar-refractivity contribution < 1.29 is 9.84 Å². The van der Waals surface area contributed by atoms with Crippen LogP contribution in [-0.2, 0) is 13.2 Å². The van der Waals surface area contributed by atoms with Gasteiger partial charge in [-0.05, 0) is 30.7 Å². The van der Waals surface area contributed by atoms with E-state index in [0.29, 0.717) is 13.2 Å². The first-order valence-corrected chi connectivity index (χ1v) is 6.48. The Morgan fingerprint density at radius 2 is 1.95 bits per heavy atom. The van der Waals surface area contributed by atoms with Gasteiger partial charge in [0.2, 0.25) is 0 Å². The highest BCUT2D eigenvalue weighted by Gasteiger charge is 2.01. The van der Waals surface area contributed by atoms with Gasteiger partial charge >= 0.3 is 0 Å². The van der Waals surface area contributed by atoms with Crippen LogP contribution in [0.4, 0.5) is 5.69 Å². The fraction of sp³-hybridized carbons (Fsp3) is 0.250. The molecule has 0 amide bonds. The van der Waals surface area contributed by atoms with Crippen molar-refractivity contribution in [2.75, 3.05) is 11.9 Å². The van der Waals surface area contributed by atoms with Crippen LogP contribution in [0.2, 0.25) is 0 Å². The van der Waals surface area contributed by atoms with Crippen LogP contribution in [0.15, 0.2) is 48.5 Å². The van der Waals surface area contributed by atoms with Gasteiger partial charge in [0.25, 0.3) is 0 Å². The van der Waals surface area contributed by atoms with Crippen LogP contribution in [0.25, 0.3) is 0 Å². The summed E-state index contributed by atoms with van der Waals surface area (Å²) < 4.78 is 5.48. The Hall–Kier alpha value is -2.00. The first-order chi connectivity index (χ1) is 9.33. The summed E-state index contributed by atoms with van der Waals surface area (Å²) in [6.45, 7) is 3.40. The number of benzene rings is 2. The summed E-state index contributed by atoms with van der Waals surface area (Å²) in [5.74, 6) is 0.886. The lowest BCUT2D eigenvalue weighted by Gasteiger charge is -2.11. The Balaban J connectivity index is 2.03. The van der Waals surface area contributed by atoms with Gasteiger partial charge in [-0.1, -0.05) is 30.3 Å². The van der Waals surface area contributed by atoms with E-state index in [-0.39, 0.29) is 6.61 Å². The fourth-order valence-electron chi connectivity index (χ4n) is 1.94. The number of hydrogen-bond donors (Lipinski definition) is 2. The molecule has 0 atom stereocenters. The average molecular weight is 257 g/mol. The molecule has 2 aromatic carbocycles. The molecule has 19 heavy (non-hydrogen) atoms. The molecule has 0 fully saturated rings. The van der Waals surface area contributed by atoms with Crippen LogP contribution in [0, 0.1) is 0 Å². The summed E-state index contributed by atoms with van der Waals surface area (Å²) >= 11 is 0. The monoisotopic (exact) mass is 257 g/mol. The maximum Gasteiger partial charge on any atom is 0.119 e. The second kappa shape index (κ2) is 6.81. The van der Waals surface area contributed by atoms with Gasteiger partial charge in [0.15, 0.2) is 0 Å². The standard InChI is InChI=1S/C16H19NO2/c1-2-19-15-8-5-6-13(10-15)11-17-16-9-4-3-7-14(16)12-18/h3-10,17-18H,2,11-12H2,1H3. The number of anilines is 1. The molecule has 0 unspecified atom stereocenters. The molecule has 100 valence electrons. The lowest BCUT2D eigenvalue weighted by Crippen LogP contribution is -2.02. The fourth-order valence-corrected chi connectivity index (χ4v) is 1.94. The molecule has 2 aromatic rings. The van der Waals surface area contributed by atoms with Gasteiger partial charge in [-0.3, -0.25) is 0 Å². The predicted octanol–water partition coefficient (Wildman–Crippen LogP) is 3.19. The van der Waals surface area contributed by atoms with E-state index in [2.05, 4.69) is 11.4 Å². The average Bonchev–Trinajstić information content (AvgIpc) is 2.46. The van der Waals surface area contributed by atoms with Crippen molar-refractivity contribution in [3.63, 3.8) is 0 Å². The quantitative estimate of drug-likeness (QED) is 0.835. The van der Waals surface area contributed by atoms with Crippen LogP contribution < -0.4 is 10.1 Å². The van der Waals surface area contributed by atoms with Crippen molar-refractivity contribution >= 4 is 5.69 Å². The SMILES string of the molecule is CCOc1cccc(CNc2ccccc2CO)c1. The lowest BCUT2D eigenvalue weighted by molar-refractivity contribution is 0.282. The van der Waals surface area contributed by atoms with Gasteiger partial charge in [-0.25, -0.2) is 0 Å². The van der Waals surface area contributed by atoms with Crippen LogP contribution in [-0.4, -0.2) is 11.7 Å². The number of para-hydroxylation sites is 1. The molecular weight excluding hydrogens is 238 g/mol. The molecule has 0 heterocycles. The highest BCUT2D eigenvalue weighted by atomic mass is 16.5. The van der Waals surface area contributed by atoms with Crippen LogP contribution in [0.3, 0.4) is 0 Å². The number of nitrogens with one attached hydrogen (secondary N) is 1. The third-order valence-corrected chi connectivity index (χ3v) is 2.88. The minimum Gasteiger partial charge on any atom is -0.494 e. The summed E-state index contributed by atoms with van der Waals surface area (Å²) in [4.78, 5) is 0. The third kappa shape index (κ3) is 3.73. The van der Waals surface area contributed by atoms with E-state index in [4.69, 9.17) is 4.74 Å². The van der Waals surface area contributed by atoms with Crippen molar-refractivity contribution in [2.24, 2.45) is 0 Å². The predicted molar refractivity (Wildman–Crippen MR) is 77.3 cm³/mol. The zero-order valence-corrected chi connectivity index (χ0v) is 11.1. The maximum atomic E-state index is 9.27. The molecule has 0 aliphatic heterocycles. The molecule has 2 N–H and O–H groups in total. The Kier molecular flexibility index (Phi) is 4.81. The Morgan fingerprint density at radius 1 is 1.11 bits per heavy atom. The topological polar surface area (TPSA) is 41.5 Å². The van der Waals surface area contributed by atoms with E-state index in [1.807, 2.05) is 49.4 Å². The molecule has 0 saturated carbocycles. The number of rotatable bonds is 6. The maximum absolute atomic E-state index is 9.27. The van der Waals surface area contributed by atoms with E-state index >= 15 is 0 Å². The molecule has 0 aromatic heterocycles. The normalized spacial score (nSPS) is 10.2. The van der Waals surface area contributed by atoms with E-state index < -0.39 is 0 Å². The van der Waals surface area contributed by atoms with Gasteiger partial charge in [0, 0.05) is 17.8 Å². The number of ether oxygens (including phenoxy) is 1. The molecule has 0 bridgehead atoms. The second-order valence-electron chi connectivity index (χ2n) is 4.25. The summed E-state index contributed by atoms with van der Waals surface area (Å²) in [7, 11) is 0. The van der Waals surface area contributed by atoms with Gasteiger partial charge in [0.05, 0.1) is 13.2 Å². The van der Waals surface area contributed by atoms with Gasteiger partial charge < -0.3 is 15.2 Å². The van der Waals surface area contributed by atoms with Gasteiger partial charge in [0.1, 0.15) is 5.75 Å². The van der Waals surface area contributed by atoms with E-state index in [1.165, 1.54) is 0 Å². The van der Waals surface area contributed by atoms with Gasteiger partial charge in [-0.2, -0.15) is 0 Å². The Bertz CT molecular complexity index is 526. The third-order valence-electron chi connectivity index (χ3n) is 2.88. The molecule has 0 saturated heterocycles. The van der Waals surface area contributed by atoms with Crippen LogP contribution in [0.1, 0.15) is 18.1 Å². The summed E-state index contributed by atoms with van der Waals surface area (Å²) in [6, 6.07) is 15.8. The molecule has 3 heteroatoms. The van der Waals surface area contributed by atoms with Crippen molar-refractivity contribution in [2.45, 2.75) is 20.1 Å².